The number of benzene rings is 2. The molecule has 0 aliphatic carbocycles. The van der Waals surface area contributed by atoms with Crippen molar-refractivity contribution in [2.45, 2.75) is 26.2 Å². The van der Waals surface area contributed by atoms with Gasteiger partial charge >= 0.3 is 5.97 Å². The highest BCUT2D eigenvalue weighted by Gasteiger charge is 2.21. The molecule has 25 heavy (non-hydrogen) atoms. The van der Waals surface area contributed by atoms with Gasteiger partial charge in [0.1, 0.15) is 0 Å². The summed E-state index contributed by atoms with van der Waals surface area (Å²) in [5.74, 6) is -0.626. The number of rotatable bonds is 5. The number of hydrogen-bond acceptors (Lipinski definition) is 4. The molecular weight excluding hydrogens is 314 g/mol. The summed E-state index contributed by atoms with van der Waals surface area (Å²) in [5.41, 5.74) is 1.82. The van der Waals surface area contributed by atoms with Crippen molar-refractivity contribution in [3.05, 3.63) is 76.1 Å². The second kappa shape index (κ2) is 8.42. The largest absolute Gasteiger partial charge is 0.356 e. The zero-order valence-corrected chi connectivity index (χ0v) is 14.1. The lowest BCUT2D eigenvalue weighted by molar-refractivity contribution is 0.0520. The van der Waals surface area contributed by atoms with Crippen LogP contribution in [0.4, 0.5) is 5.69 Å². The fourth-order valence-electron chi connectivity index (χ4n) is 2.28. The van der Waals surface area contributed by atoms with Gasteiger partial charge in [0.15, 0.2) is 0 Å². The Bertz CT molecular complexity index is 839. The van der Waals surface area contributed by atoms with E-state index in [1.165, 1.54) is 6.21 Å². The van der Waals surface area contributed by atoms with E-state index in [-0.39, 0.29) is 22.7 Å². The molecule has 0 saturated heterocycles. The maximum absolute atomic E-state index is 12.3. The van der Waals surface area contributed by atoms with Crippen LogP contribution < -0.4 is 0 Å². The average Bonchev–Trinajstić information content (AvgIpc) is 2.66. The molecule has 1 unspecified atom stereocenters. The minimum Gasteiger partial charge on any atom is -0.314 e. The van der Waals surface area contributed by atoms with Crippen molar-refractivity contribution < 1.29 is 9.63 Å². The van der Waals surface area contributed by atoms with Crippen LogP contribution in [0.2, 0.25) is 0 Å². The maximum Gasteiger partial charge on any atom is 0.356 e. The number of nitrogens with zero attached hydrogens (tertiary/aromatic N) is 3. The van der Waals surface area contributed by atoms with Gasteiger partial charge in [-0.15, -0.1) is 0 Å². The van der Waals surface area contributed by atoms with Crippen molar-refractivity contribution in [3.63, 3.8) is 0 Å². The van der Waals surface area contributed by atoms with E-state index in [0.29, 0.717) is 0 Å². The van der Waals surface area contributed by atoms with Gasteiger partial charge in [-0.25, -0.2) is 9.64 Å². The molecule has 0 radical (unpaired) electrons. The van der Waals surface area contributed by atoms with Gasteiger partial charge in [-0.1, -0.05) is 61.0 Å². The Kier molecular flexibility index (Phi) is 6.03. The molecule has 0 heterocycles. The standard InChI is InChI=1S/C20H17N3O2/c1-4-14(2)16-10-17(12-21)19(18(11-16)22-3)20(24)25-23-13-15-8-6-5-7-9-15/h5-11,13-14H,4H2,1-2H3. The number of carbonyl (C=O) groups is 1. The summed E-state index contributed by atoms with van der Waals surface area (Å²) in [6, 6.07) is 14.4. The molecule has 5 heteroatoms. The van der Waals surface area contributed by atoms with Crippen LogP contribution in [0.1, 0.15) is 53.2 Å². The second-order valence-corrected chi connectivity index (χ2v) is 5.52. The molecule has 2 aromatic carbocycles. The molecule has 0 spiro atoms. The first-order valence-electron chi connectivity index (χ1n) is 7.86. The van der Waals surface area contributed by atoms with Crippen molar-refractivity contribution in [2.75, 3.05) is 0 Å². The molecule has 0 fully saturated rings. The quantitative estimate of drug-likeness (QED) is 0.341. The van der Waals surface area contributed by atoms with Crippen LogP contribution in [0, 0.1) is 17.9 Å². The molecule has 0 aliphatic heterocycles. The fraction of sp³-hybridized carbons (Fsp3) is 0.200. The Hall–Kier alpha value is -3.44. The van der Waals surface area contributed by atoms with E-state index >= 15 is 0 Å². The van der Waals surface area contributed by atoms with Gasteiger partial charge < -0.3 is 4.84 Å². The zero-order valence-electron chi connectivity index (χ0n) is 14.1. The monoisotopic (exact) mass is 331 g/mol. The first-order chi connectivity index (χ1) is 12.1. The van der Waals surface area contributed by atoms with E-state index in [9.17, 15) is 10.1 Å². The molecule has 0 N–H and O–H groups in total. The number of nitriles is 1. The number of hydrogen-bond donors (Lipinski definition) is 0. The molecule has 2 rings (SSSR count). The van der Waals surface area contributed by atoms with Gasteiger partial charge in [-0.3, -0.25) is 0 Å². The Morgan fingerprint density at radius 2 is 2.12 bits per heavy atom. The molecule has 0 saturated carbocycles. The summed E-state index contributed by atoms with van der Waals surface area (Å²) < 4.78 is 0. The van der Waals surface area contributed by atoms with E-state index < -0.39 is 5.97 Å². The zero-order chi connectivity index (χ0) is 18.2. The molecule has 5 nitrogen and oxygen atoms in total. The van der Waals surface area contributed by atoms with E-state index in [2.05, 4.69) is 10.0 Å². The third kappa shape index (κ3) is 4.31. The highest BCUT2D eigenvalue weighted by atomic mass is 16.7. The Morgan fingerprint density at radius 1 is 1.40 bits per heavy atom. The first kappa shape index (κ1) is 17.9. The Morgan fingerprint density at radius 3 is 2.72 bits per heavy atom. The first-order valence-corrected chi connectivity index (χ1v) is 7.86. The summed E-state index contributed by atoms with van der Waals surface area (Å²) in [5, 5.41) is 13.0. The highest BCUT2D eigenvalue weighted by molar-refractivity contribution is 5.99. The van der Waals surface area contributed by atoms with Crippen LogP contribution >= 0.6 is 0 Å². The van der Waals surface area contributed by atoms with Gasteiger partial charge in [-0.2, -0.15) is 5.26 Å². The Labute approximate surface area is 147 Å². The summed E-state index contributed by atoms with van der Waals surface area (Å²) in [6.07, 6.45) is 2.27. The van der Waals surface area contributed by atoms with Crippen molar-refractivity contribution in [1.29, 1.82) is 5.26 Å². The van der Waals surface area contributed by atoms with Gasteiger partial charge in [0.2, 0.25) is 5.69 Å². The van der Waals surface area contributed by atoms with Gasteiger partial charge in [0, 0.05) is 0 Å². The SMILES string of the molecule is [C-]#[N+]c1cc(C(C)CC)cc(C#N)c1C(=O)ON=Cc1ccccc1. The minimum atomic E-state index is -0.814. The van der Waals surface area contributed by atoms with Crippen molar-refractivity contribution in [1.82, 2.24) is 0 Å². The van der Waals surface area contributed by atoms with Gasteiger partial charge in [-0.05, 0) is 24.0 Å². The van der Waals surface area contributed by atoms with E-state index in [1.807, 2.05) is 50.2 Å². The summed E-state index contributed by atoms with van der Waals surface area (Å²) >= 11 is 0. The predicted molar refractivity (Wildman–Crippen MR) is 95.6 cm³/mol. The van der Waals surface area contributed by atoms with Crippen molar-refractivity contribution in [3.8, 4) is 6.07 Å². The van der Waals surface area contributed by atoms with E-state index in [4.69, 9.17) is 11.4 Å². The normalized spacial score (nSPS) is 11.5. The van der Waals surface area contributed by atoms with Crippen LogP contribution in [-0.2, 0) is 4.84 Å². The maximum atomic E-state index is 12.3. The summed E-state index contributed by atoms with van der Waals surface area (Å²) in [6.45, 7) is 11.4. The molecule has 0 amide bonds. The van der Waals surface area contributed by atoms with Crippen molar-refractivity contribution >= 4 is 17.9 Å². The lowest BCUT2D eigenvalue weighted by atomic mass is 9.93. The third-order valence-electron chi connectivity index (χ3n) is 3.90. The van der Waals surface area contributed by atoms with Gasteiger partial charge in [0.25, 0.3) is 0 Å². The highest BCUT2D eigenvalue weighted by Crippen LogP contribution is 2.30. The predicted octanol–water partition coefficient (Wildman–Crippen LogP) is 4.81. The van der Waals surface area contributed by atoms with Crippen LogP contribution in [0.25, 0.3) is 4.85 Å². The molecule has 2 aromatic rings. The van der Waals surface area contributed by atoms with E-state index in [0.717, 1.165) is 17.5 Å². The second-order valence-electron chi connectivity index (χ2n) is 5.52. The molecular formula is C20H17N3O2. The third-order valence-corrected chi connectivity index (χ3v) is 3.90. The Balaban J connectivity index is 2.31. The topological polar surface area (TPSA) is 66.8 Å². The molecule has 0 bridgehead atoms. The lowest BCUT2D eigenvalue weighted by Gasteiger charge is -2.12. The molecule has 1 atom stereocenters. The molecule has 124 valence electrons. The van der Waals surface area contributed by atoms with Crippen LogP contribution in [0.3, 0.4) is 0 Å². The fourth-order valence-corrected chi connectivity index (χ4v) is 2.28. The van der Waals surface area contributed by atoms with Crippen LogP contribution in [0.5, 0.6) is 0 Å². The van der Waals surface area contributed by atoms with Crippen LogP contribution in [0.15, 0.2) is 47.6 Å². The van der Waals surface area contributed by atoms with E-state index in [1.54, 1.807) is 12.1 Å². The molecule has 0 aromatic heterocycles. The average molecular weight is 331 g/mol. The smallest absolute Gasteiger partial charge is 0.314 e. The van der Waals surface area contributed by atoms with Crippen molar-refractivity contribution in [2.24, 2.45) is 5.16 Å². The molecule has 0 aliphatic rings. The number of oxime groups is 1. The number of carbonyl (C=O) groups excluding carboxylic acids is 1. The lowest BCUT2D eigenvalue weighted by Crippen LogP contribution is -2.06. The van der Waals surface area contributed by atoms with Crippen LogP contribution in [-0.4, -0.2) is 12.2 Å². The summed E-state index contributed by atoms with van der Waals surface area (Å²) in [7, 11) is 0. The minimum absolute atomic E-state index is 0.0465. The van der Waals surface area contributed by atoms with Gasteiger partial charge in [0.05, 0.1) is 30.0 Å². The summed E-state index contributed by atoms with van der Waals surface area (Å²) in [4.78, 5) is 20.6.